The van der Waals surface area contributed by atoms with Crippen LogP contribution in [-0.2, 0) is 6.54 Å². The van der Waals surface area contributed by atoms with Crippen LogP contribution in [0.2, 0.25) is 0 Å². The Bertz CT molecular complexity index is 983. The third-order valence-corrected chi connectivity index (χ3v) is 4.06. The normalized spacial score (nSPS) is 11.1. The first kappa shape index (κ1) is 14.5. The molecule has 4 aromatic rings. The van der Waals surface area contributed by atoms with Gasteiger partial charge in [-0.25, -0.2) is 0 Å². The van der Waals surface area contributed by atoms with E-state index in [9.17, 15) is 0 Å². The lowest BCUT2D eigenvalue weighted by Crippen LogP contribution is -1.97. The number of fused-ring (bicyclic) bond motifs is 1. The summed E-state index contributed by atoms with van der Waals surface area (Å²) in [5.74, 6) is 1.98. The second-order valence-electron chi connectivity index (χ2n) is 5.66. The molecule has 0 saturated heterocycles. The van der Waals surface area contributed by atoms with E-state index in [1.165, 1.54) is 5.56 Å². The Kier molecular flexibility index (Phi) is 3.54. The topological polar surface area (TPSA) is 53.1 Å². The Labute approximate surface area is 139 Å². The van der Waals surface area contributed by atoms with E-state index in [1.807, 2.05) is 24.3 Å². The highest BCUT2D eigenvalue weighted by atomic mass is 16.5. The Morgan fingerprint density at radius 3 is 2.54 bits per heavy atom. The fourth-order valence-electron chi connectivity index (χ4n) is 2.88. The van der Waals surface area contributed by atoms with E-state index >= 15 is 0 Å². The Morgan fingerprint density at radius 2 is 1.83 bits per heavy atom. The lowest BCUT2D eigenvalue weighted by molar-refractivity contribution is 0.414. The standard InChI is InChI=1S/C19H17N3O2/c1-13-20-21-19(24-13)17-12-22(18-6-4-3-5-16(17)18)11-14-7-9-15(23-2)10-8-14/h3-10,12H,11H2,1-2H3. The van der Waals surface area contributed by atoms with Crippen LogP contribution in [0.3, 0.4) is 0 Å². The van der Waals surface area contributed by atoms with Gasteiger partial charge in [0.15, 0.2) is 0 Å². The maximum Gasteiger partial charge on any atom is 0.249 e. The van der Waals surface area contributed by atoms with Crippen molar-refractivity contribution < 1.29 is 9.15 Å². The molecule has 0 bridgehead atoms. The van der Waals surface area contributed by atoms with Crippen molar-refractivity contribution in [2.24, 2.45) is 0 Å². The minimum Gasteiger partial charge on any atom is -0.497 e. The highest BCUT2D eigenvalue weighted by Crippen LogP contribution is 2.30. The first-order valence-electron chi connectivity index (χ1n) is 7.76. The third kappa shape index (κ3) is 2.54. The van der Waals surface area contributed by atoms with Crippen molar-refractivity contribution in [3.8, 4) is 17.2 Å². The molecular formula is C19H17N3O2. The van der Waals surface area contributed by atoms with Crippen LogP contribution in [-0.4, -0.2) is 21.9 Å². The van der Waals surface area contributed by atoms with E-state index in [-0.39, 0.29) is 0 Å². The number of nitrogens with zero attached hydrogens (tertiary/aromatic N) is 3. The summed E-state index contributed by atoms with van der Waals surface area (Å²) in [6.07, 6.45) is 2.07. The molecule has 2 aromatic heterocycles. The van der Waals surface area contributed by atoms with Crippen LogP contribution in [0.1, 0.15) is 11.5 Å². The van der Waals surface area contributed by atoms with E-state index in [2.05, 4.69) is 45.2 Å². The van der Waals surface area contributed by atoms with Gasteiger partial charge in [-0.1, -0.05) is 30.3 Å². The molecule has 0 amide bonds. The SMILES string of the molecule is COc1ccc(Cn2cc(-c3nnc(C)o3)c3ccccc32)cc1. The van der Waals surface area contributed by atoms with Crippen molar-refractivity contribution in [2.75, 3.05) is 7.11 Å². The van der Waals surface area contributed by atoms with Gasteiger partial charge in [0.1, 0.15) is 5.75 Å². The van der Waals surface area contributed by atoms with Gasteiger partial charge in [0.2, 0.25) is 11.8 Å². The fraction of sp³-hybridized carbons (Fsp3) is 0.158. The minimum atomic E-state index is 0.553. The molecule has 0 saturated carbocycles. The summed E-state index contributed by atoms with van der Waals surface area (Å²) >= 11 is 0. The lowest BCUT2D eigenvalue weighted by Gasteiger charge is -2.06. The number of aryl methyl sites for hydroxylation is 1. The summed E-state index contributed by atoms with van der Waals surface area (Å²) < 4.78 is 13.0. The van der Waals surface area contributed by atoms with E-state index < -0.39 is 0 Å². The number of methoxy groups -OCH3 is 1. The maximum atomic E-state index is 5.62. The summed E-state index contributed by atoms with van der Waals surface area (Å²) in [4.78, 5) is 0. The van der Waals surface area contributed by atoms with Crippen molar-refractivity contribution in [2.45, 2.75) is 13.5 Å². The number of ether oxygens (including phenoxy) is 1. The van der Waals surface area contributed by atoms with Crippen LogP contribution < -0.4 is 4.74 Å². The molecule has 24 heavy (non-hydrogen) atoms. The molecule has 0 fully saturated rings. The molecule has 5 heteroatoms. The Morgan fingerprint density at radius 1 is 1.04 bits per heavy atom. The molecule has 2 aromatic carbocycles. The first-order valence-corrected chi connectivity index (χ1v) is 7.76. The number of hydrogen-bond donors (Lipinski definition) is 0. The van der Waals surface area contributed by atoms with Crippen molar-refractivity contribution >= 4 is 10.9 Å². The van der Waals surface area contributed by atoms with Crippen LogP contribution in [0.15, 0.2) is 59.1 Å². The van der Waals surface area contributed by atoms with E-state index in [0.717, 1.165) is 28.8 Å². The molecule has 5 nitrogen and oxygen atoms in total. The molecule has 0 aliphatic heterocycles. The first-order chi connectivity index (χ1) is 11.7. The Hall–Kier alpha value is -3.08. The quantitative estimate of drug-likeness (QED) is 0.569. The summed E-state index contributed by atoms with van der Waals surface area (Å²) in [5, 5.41) is 9.21. The number of aromatic nitrogens is 3. The fourth-order valence-corrected chi connectivity index (χ4v) is 2.88. The van der Waals surface area contributed by atoms with Crippen molar-refractivity contribution in [1.82, 2.24) is 14.8 Å². The largest absolute Gasteiger partial charge is 0.497 e. The van der Waals surface area contributed by atoms with Crippen LogP contribution in [0.5, 0.6) is 5.75 Å². The summed E-state index contributed by atoms with van der Waals surface area (Å²) in [6.45, 7) is 2.56. The molecule has 0 radical (unpaired) electrons. The van der Waals surface area contributed by atoms with Gasteiger partial charge in [-0.2, -0.15) is 0 Å². The van der Waals surface area contributed by atoms with Crippen molar-refractivity contribution in [3.63, 3.8) is 0 Å². The van der Waals surface area contributed by atoms with Gasteiger partial charge in [0, 0.05) is 30.6 Å². The zero-order chi connectivity index (χ0) is 16.5. The van der Waals surface area contributed by atoms with Gasteiger partial charge in [-0.3, -0.25) is 0 Å². The molecule has 0 aliphatic carbocycles. The molecule has 0 aliphatic rings. The predicted molar refractivity (Wildman–Crippen MR) is 92.1 cm³/mol. The van der Waals surface area contributed by atoms with E-state index in [0.29, 0.717) is 11.8 Å². The molecular weight excluding hydrogens is 302 g/mol. The molecule has 0 N–H and O–H groups in total. The van der Waals surface area contributed by atoms with Gasteiger partial charge >= 0.3 is 0 Å². The number of benzene rings is 2. The second kappa shape index (κ2) is 5.85. The molecule has 0 atom stereocenters. The maximum absolute atomic E-state index is 5.62. The van der Waals surface area contributed by atoms with Gasteiger partial charge in [0.25, 0.3) is 0 Å². The van der Waals surface area contributed by atoms with Crippen LogP contribution >= 0.6 is 0 Å². The van der Waals surface area contributed by atoms with Crippen molar-refractivity contribution in [3.05, 3.63) is 66.2 Å². The smallest absolute Gasteiger partial charge is 0.249 e. The summed E-state index contributed by atoms with van der Waals surface area (Å²) in [7, 11) is 1.67. The third-order valence-electron chi connectivity index (χ3n) is 4.06. The Balaban J connectivity index is 1.77. The predicted octanol–water partition coefficient (Wildman–Crippen LogP) is 4.06. The van der Waals surface area contributed by atoms with Crippen LogP contribution in [0.4, 0.5) is 0 Å². The van der Waals surface area contributed by atoms with Gasteiger partial charge < -0.3 is 13.7 Å². The highest BCUT2D eigenvalue weighted by Gasteiger charge is 2.14. The average Bonchev–Trinajstić information content (AvgIpc) is 3.20. The van der Waals surface area contributed by atoms with Gasteiger partial charge in [-0.15, -0.1) is 10.2 Å². The van der Waals surface area contributed by atoms with Gasteiger partial charge in [-0.05, 0) is 23.8 Å². The summed E-state index contributed by atoms with van der Waals surface area (Å²) in [6, 6.07) is 16.3. The zero-order valence-corrected chi connectivity index (χ0v) is 13.6. The molecule has 0 unspecified atom stereocenters. The molecule has 120 valence electrons. The van der Waals surface area contributed by atoms with Gasteiger partial charge in [0.05, 0.1) is 12.7 Å². The molecule has 0 spiro atoms. The van der Waals surface area contributed by atoms with Crippen LogP contribution in [0, 0.1) is 6.92 Å². The van der Waals surface area contributed by atoms with E-state index in [4.69, 9.17) is 9.15 Å². The second-order valence-corrected chi connectivity index (χ2v) is 5.66. The number of para-hydroxylation sites is 1. The van der Waals surface area contributed by atoms with Crippen LogP contribution in [0.25, 0.3) is 22.4 Å². The zero-order valence-electron chi connectivity index (χ0n) is 13.6. The highest BCUT2D eigenvalue weighted by molar-refractivity contribution is 5.94. The monoisotopic (exact) mass is 319 g/mol. The number of rotatable bonds is 4. The van der Waals surface area contributed by atoms with E-state index in [1.54, 1.807) is 14.0 Å². The number of hydrogen-bond acceptors (Lipinski definition) is 4. The average molecular weight is 319 g/mol. The minimum absolute atomic E-state index is 0.553. The summed E-state index contributed by atoms with van der Waals surface area (Å²) in [5.41, 5.74) is 3.30. The van der Waals surface area contributed by atoms with Crippen molar-refractivity contribution in [1.29, 1.82) is 0 Å². The molecule has 2 heterocycles. The lowest BCUT2D eigenvalue weighted by atomic mass is 10.2. The molecule has 4 rings (SSSR count).